The predicted molar refractivity (Wildman–Crippen MR) is 51.3 cm³/mol. The number of nitrogens with zero attached hydrogens (tertiary/aromatic N) is 3. The number of aromatic nitrogens is 3. The smallest absolute Gasteiger partial charge is 0.153 e. The molecule has 0 unspecified atom stereocenters. The van der Waals surface area contributed by atoms with Gasteiger partial charge >= 0.3 is 0 Å². The lowest BCUT2D eigenvalue weighted by atomic mass is 10.2. The van der Waals surface area contributed by atoms with Crippen LogP contribution in [-0.2, 0) is 13.1 Å². The van der Waals surface area contributed by atoms with Crippen LogP contribution in [0.3, 0.4) is 0 Å². The van der Waals surface area contributed by atoms with Crippen molar-refractivity contribution in [3.05, 3.63) is 24.1 Å². The number of hydrogen-bond donors (Lipinski definition) is 1. The highest BCUT2D eigenvalue weighted by Crippen LogP contribution is 2.22. The lowest BCUT2D eigenvalue weighted by Crippen LogP contribution is -2.02. The molecule has 0 bridgehead atoms. The number of hydrogen-bond acceptors (Lipinski definition) is 4. The van der Waals surface area contributed by atoms with Crippen LogP contribution in [0.2, 0.25) is 0 Å². The third-order valence-electron chi connectivity index (χ3n) is 2.05. The summed E-state index contributed by atoms with van der Waals surface area (Å²) in [6, 6.07) is 3.71. The van der Waals surface area contributed by atoms with Crippen molar-refractivity contribution in [3.63, 3.8) is 0 Å². The molecule has 5 heteroatoms. The van der Waals surface area contributed by atoms with Gasteiger partial charge in [0.15, 0.2) is 5.76 Å². The molecule has 74 valence electrons. The van der Waals surface area contributed by atoms with E-state index < -0.39 is 0 Å². The molecule has 0 spiro atoms. The normalized spacial score (nSPS) is 10.7. The lowest BCUT2D eigenvalue weighted by Gasteiger charge is -2.00. The Balaban J connectivity index is 2.54. The number of nitrogens with two attached hydrogens (primary N) is 1. The monoisotopic (exact) mass is 192 g/mol. The van der Waals surface area contributed by atoms with E-state index in [9.17, 15) is 0 Å². The van der Waals surface area contributed by atoms with Gasteiger partial charge in [-0.2, -0.15) is 0 Å². The molecule has 0 saturated carbocycles. The fourth-order valence-corrected chi connectivity index (χ4v) is 1.39. The number of rotatable bonds is 3. The van der Waals surface area contributed by atoms with Crippen LogP contribution in [0, 0.1) is 0 Å². The second kappa shape index (κ2) is 3.63. The third-order valence-corrected chi connectivity index (χ3v) is 2.05. The summed E-state index contributed by atoms with van der Waals surface area (Å²) in [7, 11) is 0. The van der Waals surface area contributed by atoms with Gasteiger partial charge in [0, 0.05) is 13.1 Å². The molecular weight excluding hydrogens is 180 g/mol. The SMILES string of the molecule is CCn1nnc(CN)c1-c1ccco1. The van der Waals surface area contributed by atoms with E-state index in [0.717, 1.165) is 23.7 Å². The van der Waals surface area contributed by atoms with E-state index in [1.807, 2.05) is 19.1 Å². The fraction of sp³-hybridized carbons (Fsp3) is 0.333. The first kappa shape index (κ1) is 8.96. The summed E-state index contributed by atoms with van der Waals surface area (Å²) in [5.74, 6) is 0.761. The first-order valence-electron chi connectivity index (χ1n) is 4.53. The van der Waals surface area contributed by atoms with Crippen molar-refractivity contribution >= 4 is 0 Å². The molecule has 0 aliphatic heterocycles. The van der Waals surface area contributed by atoms with Crippen LogP contribution in [-0.4, -0.2) is 15.0 Å². The molecule has 14 heavy (non-hydrogen) atoms. The zero-order valence-electron chi connectivity index (χ0n) is 7.97. The number of aryl methyl sites for hydroxylation is 1. The Bertz CT molecular complexity index is 383. The molecule has 2 rings (SSSR count). The first-order valence-corrected chi connectivity index (χ1v) is 4.53. The first-order chi connectivity index (χ1) is 6.86. The van der Waals surface area contributed by atoms with Gasteiger partial charge in [-0.1, -0.05) is 5.21 Å². The molecular formula is C9H12N4O. The van der Waals surface area contributed by atoms with Gasteiger partial charge < -0.3 is 10.2 Å². The van der Waals surface area contributed by atoms with Gasteiger partial charge in [-0.25, -0.2) is 4.68 Å². The molecule has 0 amide bonds. The van der Waals surface area contributed by atoms with Crippen LogP contribution >= 0.6 is 0 Å². The topological polar surface area (TPSA) is 69.9 Å². The minimum atomic E-state index is 0.371. The average Bonchev–Trinajstić information content (AvgIpc) is 2.85. The van der Waals surface area contributed by atoms with Crippen molar-refractivity contribution in [1.29, 1.82) is 0 Å². The molecule has 0 aliphatic carbocycles. The van der Waals surface area contributed by atoms with Crippen LogP contribution in [0.5, 0.6) is 0 Å². The maximum atomic E-state index is 5.57. The van der Waals surface area contributed by atoms with Crippen molar-refractivity contribution < 1.29 is 4.42 Å². The van der Waals surface area contributed by atoms with E-state index >= 15 is 0 Å². The Morgan fingerprint density at radius 3 is 3.00 bits per heavy atom. The Morgan fingerprint density at radius 2 is 2.43 bits per heavy atom. The fourth-order valence-electron chi connectivity index (χ4n) is 1.39. The molecule has 0 aliphatic rings. The van der Waals surface area contributed by atoms with Gasteiger partial charge in [0.2, 0.25) is 0 Å². The Kier molecular flexibility index (Phi) is 2.32. The Labute approximate surface area is 81.5 Å². The molecule has 0 atom stereocenters. The Morgan fingerprint density at radius 1 is 1.57 bits per heavy atom. The van der Waals surface area contributed by atoms with Gasteiger partial charge in [0.1, 0.15) is 11.4 Å². The van der Waals surface area contributed by atoms with Gasteiger partial charge in [-0.3, -0.25) is 0 Å². The zero-order valence-corrected chi connectivity index (χ0v) is 7.97. The molecule has 2 aromatic heterocycles. The highest BCUT2D eigenvalue weighted by Gasteiger charge is 2.14. The van der Waals surface area contributed by atoms with E-state index in [2.05, 4.69) is 10.3 Å². The minimum Gasteiger partial charge on any atom is -0.463 e. The van der Waals surface area contributed by atoms with Crippen LogP contribution in [0.15, 0.2) is 22.8 Å². The van der Waals surface area contributed by atoms with E-state index in [1.165, 1.54) is 0 Å². The summed E-state index contributed by atoms with van der Waals surface area (Å²) < 4.78 is 7.09. The van der Waals surface area contributed by atoms with Crippen LogP contribution in [0.4, 0.5) is 0 Å². The zero-order chi connectivity index (χ0) is 9.97. The molecule has 0 aromatic carbocycles. The van der Waals surface area contributed by atoms with Gasteiger partial charge in [0.05, 0.1) is 6.26 Å². The predicted octanol–water partition coefficient (Wildman–Crippen LogP) is 1.02. The van der Waals surface area contributed by atoms with Gasteiger partial charge in [-0.05, 0) is 19.1 Å². The summed E-state index contributed by atoms with van der Waals surface area (Å²) in [6.45, 7) is 3.13. The van der Waals surface area contributed by atoms with Crippen LogP contribution in [0.1, 0.15) is 12.6 Å². The largest absolute Gasteiger partial charge is 0.463 e. The second-order valence-electron chi connectivity index (χ2n) is 2.88. The molecule has 2 aromatic rings. The standard InChI is InChI=1S/C9H12N4O/c1-2-13-9(7(6-10)11-12-13)8-4-3-5-14-8/h3-5H,2,6,10H2,1H3. The highest BCUT2D eigenvalue weighted by molar-refractivity contribution is 5.55. The Hall–Kier alpha value is -1.62. The maximum absolute atomic E-state index is 5.57. The van der Waals surface area contributed by atoms with E-state index in [0.29, 0.717) is 6.54 Å². The van der Waals surface area contributed by atoms with Crippen molar-refractivity contribution in [2.24, 2.45) is 5.73 Å². The molecule has 0 fully saturated rings. The van der Waals surface area contributed by atoms with Gasteiger partial charge in [-0.15, -0.1) is 5.10 Å². The van der Waals surface area contributed by atoms with E-state index in [1.54, 1.807) is 10.9 Å². The summed E-state index contributed by atoms with van der Waals surface area (Å²) in [5.41, 5.74) is 7.21. The lowest BCUT2D eigenvalue weighted by molar-refractivity contribution is 0.561. The van der Waals surface area contributed by atoms with Crippen molar-refractivity contribution in [2.45, 2.75) is 20.0 Å². The van der Waals surface area contributed by atoms with Crippen molar-refractivity contribution in [1.82, 2.24) is 15.0 Å². The molecule has 2 heterocycles. The summed E-state index contributed by atoms with van der Waals surface area (Å²) >= 11 is 0. The van der Waals surface area contributed by atoms with Crippen molar-refractivity contribution in [2.75, 3.05) is 0 Å². The van der Waals surface area contributed by atoms with Crippen LogP contribution < -0.4 is 5.73 Å². The van der Waals surface area contributed by atoms with E-state index in [-0.39, 0.29) is 0 Å². The minimum absolute atomic E-state index is 0.371. The summed E-state index contributed by atoms with van der Waals surface area (Å²) in [6.07, 6.45) is 1.63. The number of furan rings is 1. The van der Waals surface area contributed by atoms with Crippen LogP contribution in [0.25, 0.3) is 11.5 Å². The molecule has 2 N–H and O–H groups in total. The van der Waals surface area contributed by atoms with Crippen molar-refractivity contribution in [3.8, 4) is 11.5 Å². The highest BCUT2D eigenvalue weighted by atomic mass is 16.3. The molecule has 0 radical (unpaired) electrons. The summed E-state index contributed by atoms with van der Waals surface area (Å²) in [5, 5.41) is 7.98. The second-order valence-corrected chi connectivity index (χ2v) is 2.88. The van der Waals surface area contributed by atoms with Gasteiger partial charge in [0.25, 0.3) is 0 Å². The summed E-state index contributed by atoms with van der Waals surface area (Å²) in [4.78, 5) is 0. The van der Waals surface area contributed by atoms with E-state index in [4.69, 9.17) is 10.2 Å². The molecule has 0 saturated heterocycles. The molecule has 5 nitrogen and oxygen atoms in total. The quantitative estimate of drug-likeness (QED) is 0.788. The maximum Gasteiger partial charge on any atom is 0.153 e. The third kappa shape index (κ3) is 1.31. The average molecular weight is 192 g/mol.